The number of nitrogens with one attached hydrogen (secondary N) is 1. The predicted octanol–water partition coefficient (Wildman–Crippen LogP) is 1.71. The Morgan fingerprint density at radius 2 is 1.76 bits per heavy atom. The summed E-state index contributed by atoms with van der Waals surface area (Å²) in [5.74, 6) is 0. The van der Waals surface area contributed by atoms with Crippen LogP contribution in [0, 0.1) is 0 Å². The fourth-order valence-electron chi connectivity index (χ4n) is 4.29. The van der Waals surface area contributed by atoms with E-state index in [1.165, 1.54) is 12.8 Å². The minimum atomic E-state index is -3.30. The van der Waals surface area contributed by atoms with Gasteiger partial charge >= 0.3 is 0 Å². The summed E-state index contributed by atoms with van der Waals surface area (Å²) in [7, 11) is -1.50. The Morgan fingerprint density at radius 3 is 2.43 bits per heavy atom. The molecule has 0 aromatic heterocycles. The molecular formula is C15H29N3O2S. The number of hydrogen-bond acceptors (Lipinski definition) is 3. The summed E-state index contributed by atoms with van der Waals surface area (Å²) in [6.07, 6.45) is 9.93. The van der Waals surface area contributed by atoms with Crippen LogP contribution in [0.25, 0.3) is 0 Å². The highest BCUT2D eigenvalue weighted by molar-refractivity contribution is 7.86. The van der Waals surface area contributed by atoms with Crippen molar-refractivity contribution in [2.24, 2.45) is 0 Å². The number of rotatable bonds is 4. The van der Waals surface area contributed by atoms with E-state index in [4.69, 9.17) is 0 Å². The molecule has 3 aliphatic rings. The minimum absolute atomic E-state index is 0.170. The van der Waals surface area contributed by atoms with E-state index in [1.807, 2.05) is 0 Å². The van der Waals surface area contributed by atoms with Crippen molar-refractivity contribution in [3.8, 4) is 0 Å². The van der Waals surface area contributed by atoms with E-state index in [-0.39, 0.29) is 12.1 Å². The van der Waals surface area contributed by atoms with Gasteiger partial charge in [-0.15, -0.1) is 0 Å². The highest BCUT2D eigenvalue weighted by Crippen LogP contribution is 2.31. The van der Waals surface area contributed by atoms with Crippen molar-refractivity contribution in [3.05, 3.63) is 0 Å². The third-order valence-corrected chi connectivity index (χ3v) is 7.63. The van der Waals surface area contributed by atoms with Crippen LogP contribution in [0.5, 0.6) is 0 Å². The van der Waals surface area contributed by atoms with E-state index in [0.717, 1.165) is 51.5 Å². The van der Waals surface area contributed by atoms with Gasteiger partial charge < -0.3 is 5.32 Å². The Bertz CT molecular complexity index is 442. The molecule has 21 heavy (non-hydrogen) atoms. The molecule has 0 aromatic rings. The molecule has 2 saturated heterocycles. The van der Waals surface area contributed by atoms with Crippen LogP contribution in [-0.4, -0.2) is 55.3 Å². The second kappa shape index (κ2) is 6.52. The summed E-state index contributed by atoms with van der Waals surface area (Å²) < 4.78 is 29.5. The van der Waals surface area contributed by atoms with Crippen molar-refractivity contribution in [2.75, 3.05) is 20.1 Å². The molecule has 5 nitrogen and oxygen atoms in total. The first-order valence-electron chi connectivity index (χ1n) is 8.59. The van der Waals surface area contributed by atoms with Gasteiger partial charge in [-0.2, -0.15) is 17.0 Å². The Balaban J connectivity index is 1.73. The lowest BCUT2D eigenvalue weighted by atomic mass is 9.96. The summed E-state index contributed by atoms with van der Waals surface area (Å²) in [6.45, 7) is 1.73. The fraction of sp³-hybridized carbons (Fsp3) is 1.00. The Labute approximate surface area is 129 Å². The first-order valence-corrected chi connectivity index (χ1v) is 9.98. The van der Waals surface area contributed by atoms with E-state index in [0.29, 0.717) is 12.6 Å². The second-order valence-corrected chi connectivity index (χ2v) is 8.78. The SMILES string of the molecule is CN(C1CCCCC1)S(=O)(=O)N1CCCC1C1CCCN1. The lowest BCUT2D eigenvalue weighted by Crippen LogP contribution is -2.53. The van der Waals surface area contributed by atoms with Gasteiger partial charge in [-0.25, -0.2) is 0 Å². The largest absolute Gasteiger partial charge is 0.312 e. The summed E-state index contributed by atoms with van der Waals surface area (Å²) in [4.78, 5) is 0. The van der Waals surface area contributed by atoms with Gasteiger partial charge in [-0.05, 0) is 45.1 Å². The summed E-state index contributed by atoms with van der Waals surface area (Å²) in [5.41, 5.74) is 0. The van der Waals surface area contributed by atoms with E-state index in [1.54, 1.807) is 15.7 Å². The lowest BCUT2D eigenvalue weighted by Gasteiger charge is -2.36. The van der Waals surface area contributed by atoms with Crippen LogP contribution < -0.4 is 5.32 Å². The van der Waals surface area contributed by atoms with Gasteiger partial charge in [0.05, 0.1) is 0 Å². The highest BCUT2D eigenvalue weighted by Gasteiger charge is 2.42. The molecule has 0 bridgehead atoms. The van der Waals surface area contributed by atoms with Crippen molar-refractivity contribution < 1.29 is 8.42 Å². The summed E-state index contributed by atoms with van der Waals surface area (Å²) in [6, 6.07) is 0.743. The van der Waals surface area contributed by atoms with Crippen LogP contribution in [-0.2, 0) is 10.2 Å². The van der Waals surface area contributed by atoms with Crippen molar-refractivity contribution in [3.63, 3.8) is 0 Å². The molecule has 1 N–H and O–H groups in total. The molecule has 3 rings (SSSR count). The van der Waals surface area contributed by atoms with Crippen LogP contribution >= 0.6 is 0 Å². The monoisotopic (exact) mass is 315 g/mol. The van der Waals surface area contributed by atoms with Gasteiger partial charge in [0.25, 0.3) is 10.2 Å². The van der Waals surface area contributed by atoms with E-state index >= 15 is 0 Å². The molecule has 1 aliphatic carbocycles. The number of hydrogen-bond donors (Lipinski definition) is 1. The molecule has 0 aromatic carbocycles. The normalized spacial score (nSPS) is 33.0. The first-order chi connectivity index (χ1) is 10.1. The molecular weight excluding hydrogens is 286 g/mol. The zero-order chi connectivity index (χ0) is 14.9. The van der Waals surface area contributed by atoms with Crippen LogP contribution in [0.4, 0.5) is 0 Å². The summed E-state index contributed by atoms with van der Waals surface area (Å²) in [5, 5.41) is 3.49. The molecule has 1 saturated carbocycles. The van der Waals surface area contributed by atoms with Crippen molar-refractivity contribution in [2.45, 2.75) is 75.9 Å². The van der Waals surface area contributed by atoms with Crippen molar-refractivity contribution in [1.29, 1.82) is 0 Å². The van der Waals surface area contributed by atoms with Gasteiger partial charge in [0.1, 0.15) is 0 Å². The molecule has 2 unspecified atom stereocenters. The number of nitrogens with zero attached hydrogens (tertiary/aromatic N) is 2. The van der Waals surface area contributed by atoms with Gasteiger partial charge in [0, 0.05) is 31.7 Å². The average molecular weight is 315 g/mol. The maximum atomic E-state index is 13.0. The fourth-order valence-corrected chi connectivity index (χ4v) is 6.17. The molecule has 2 atom stereocenters. The third kappa shape index (κ3) is 3.14. The van der Waals surface area contributed by atoms with Crippen LogP contribution in [0.15, 0.2) is 0 Å². The Morgan fingerprint density at radius 1 is 1.00 bits per heavy atom. The van der Waals surface area contributed by atoms with Crippen molar-refractivity contribution >= 4 is 10.2 Å². The highest BCUT2D eigenvalue weighted by atomic mass is 32.2. The lowest BCUT2D eigenvalue weighted by molar-refractivity contribution is 0.247. The van der Waals surface area contributed by atoms with Crippen molar-refractivity contribution in [1.82, 2.24) is 13.9 Å². The first kappa shape index (κ1) is 15.7. The quantitative estimate of drug-likeness (QED) is 0.859. The standard InChI is InChI=1S/C15H29N3O2S/c1-17(13-7-3-2-4-8-13)21(19,20)18-12-6-10-15(18)14-9-5-11-16-14/h13-16H,2-12H2,1H3. The molecule has 0 amide bonds. The van der Waals surface area contributed by atoms with E-state index in [2.05, 4.69) is 5.32 Å². The molecule has 2 aliphatic heterocycles. The molecule has 122 valence electrons. The van der Waals surface area contributed by atoms with Crippen LogP contribution in [0.3, 0.4) is 0 Å². The van der Waals surface area contributed by atoms with Crippen LogP contribution in [0.2, 0.25) is 0 Å². The second-order valence-electron chi connectivity index (χ2n) is 6.84. The van der Waals surface area contributed by atoms with Gasteiger partial charge in [-0.3, -0.25) is 0 Å². The molecule has 0 radical (unpaired) electrons. The smallest absolute Gasteiger partial charge is 0.282 e. The Hall–Kier alpha value is -0.170. The minimum Gasteiger partial charge on any atom is -0.312 e. The zero-order valence-corrected chi connectivity index (χ0v) is 13.9. The van der Waals surface area contributed by atoms with Gasteiger partial charge in [0.15, 0.2) is 0 Å². The Kier molecular flexibility index (Phi) is 4.88. The summed E-state index contributed by atoms with van der Waals surface area (Å²) >= 11 is 0. The molecule has 2 heterocycles. The topological polar surface area (TPSA) is 52.7 Å². The zero-order valence-electron chi connectivity index (χ0n) is 13.1. The van der Waals surface area contributed by atoms with Gasteiger partial charge in [-0.1, -0.05) is 19.3 Å². The molecule has 3 fully saturated rings. The van der Waals surface area contributed by atoms with Crippen LogP contribution in [0.1, 0.15) is 57.8 Å². The van der Waals surface area contributed by atoms with E-state index < -0.39 is 10.2 Å². The maximum Gasteiger partial charge on any atom is 0.282 e. The maximum absolute atomic E-state index is 13.0. The third-order valence-electron chi connectivity index (χ3n) is 5.56. The predicted molar refractivity (Wildman–Crippen MR) is 84.3 cm³/mol. The van der Waals surface area contributed by atoms with E-state index in [9.17, 15) is 8.42 Å². The average Bonchev–Trinajstić information content (AvgIpc) is 3.17. The molecule has 0 spiro atoms. The molecule has 6 heteroatoms. The van der Waals surface area contributed by atoms with Gasteiger partial charge in [0.2, 0.25) is 0 Å².